The molecule has 3 N–H and O–H groups in total. The molecule has 1 fully saturated rings. The Morgan fingerprint density at radius 1 is 1.33 bits per heavy atom. The van der Waals surface area contributed by atoms with E-state index in [9.17, 15) is 8.42 Å². The van der Waals surface area contributed by atoms with Crippen molar-refractivity contribution in [3.8, 4) is 0 Å². The predicted octanol–water partition coefficient (Wildman–Crippen LogP) is 1.26. The summed E-state index contributed by atoms with van der Waals surface area (Å²) in [5, 5.41) is 0. The molecule has 5 heteroatoms. The number of hydrogen-bond donors (Lipinski definition) is 2. The Morgan fingerprint density at radius 3 is 2.39 bits per heavy atom. The molecule has 1 atom stereocenters. The summed E-state index contributed by atoms with van der Waals surface area (Å²) in [7, 11) is -3.43. The summed E-state index contributed by atoms with van der Waals surface area (Å²) in [4.78, 5) is 0.318. The van der Waals surface area contributed by atoms with Crippen molar-refractivity contribution in [2.45, 2.75) is 37.1 Å². The molecule has 0 bridgehead atoms. The molecule has 1 aromatic carbocycles. The van der Waals surface area contributed by atoms with E-state index in [4.69, 9.17) is 5.73 Å². The summed E-state index contributed by atoms with van der Waals surface area (Å²) in [6.45, 7) is 2.40. The van der Waals surface area contributed by atoms with Gasteiger partial charge in [0.15, 0.2) is 0 Å². The van der Waals surface area contributed by atoms with Crippen LogP contribution in [0.2, 0.25) is 0 Å². The summed E-state index contributed by atoms with van der Waals surface area (Å²) in [6.07, 6.45) is 3.04. The second-order valence-corrected chi connectivity index (χ2v) is 6.51. The topological polar surface area (TPSA) is 72.2 Å². The first kappa shape index (κ1) is 13.5. The molecule has 1 aliphatic carbocycles. The maximum Gasteiger partial charge on any atom is 0.240 e. The quantitative estimate of drug-likeness (QED) is 0.816. The molecule has 1 unspecified atom stereocenters. The van der Waals surface area contributed by atoms with Gasteiger partial charge in [0.05, 0.1) is 4.90 Å². The van der Waals surface area contributed by atoms with E-state index in [1.54, 1.807) is 12.1 Å². The Morgan fingerprint density at radius 2 is 1.94 bits per heavy atom. The lowest BCUT2D eigenvalue weighted by Gasteiger charge is -2.16. The van der Waals surface area contributed by atoms with Crippen LogP contribution in [0.25, 0.3) is 0 Å². The average molecular weight is 268 g/mol. The van der Waals surface area contributed by atoms with Gasteiger partial charge in [0, 0.05) is 12.6 Å². The summed E-state index contributed by atoms with van der Waals surface area (Å²) in [6, 6.07) is 6.89. The number of benzene rings is 1. The zero-order valence-electron chi connectivity index (χ0n) is 10.6. The first-order valence-corrected chi connectivity index (χ1v) is 7.86. The summed E-state index contributed by atoms with van der Waals surface area (Å²) >= 11 is 0. The van der Waals surface area contributed by atoms with E-state index in [1.807, 2.05) is 19.1 Å². The van der Waals surface area contributed by atoms with Crippen molar-refractivity contribution in [2.24, 2.45) is 11.7 Å². The Hall–Kier alpha value is -0.910. The standard InChI is InChI=1S/C13H20N2O2S/c1-2-10-3-7-12(8-4-10)18(16,17)15-13(9-14)11-5-6-11/h3-4,7-8,11,13,15H,2,5-6,9,14H2,1H3. The van der Waals surface area contributed by atoms with E-state index in [1.165, 1.54) is 0 Å². The van der Waals surface area contributed by atoms with Gasteiger partial charge in [-0.15, -0.1) is 0 Å². The molecular formula is C13H20N2O2S. The molecule has 0 amide bonds. The van der Waals surface area contributed by atoms with E-state index in [0.717, 1.165) is 24.8 Å². The number of hydrogen-bond acceptors (Lipinski definition) is 3. The van der Waals surface area contributed by atoms with Gasteiger partial charge >= 0.3 is 0 Å². The van der Waals surface area contributed by atoms with Crippen LogP contribution in [-0.2, 0) is 16.4 Å². The number of nitrogens with two attached hydrogens (primary N) is 1. The van der Waals surface area contributed by atoms with Crippen LogP contribution in [0.15, 0.2) is 29.2 Å². The molecule has 1 aliphatic rings. The second-order valence-electron chi connectivity index (χ2n) is 4.80. The van der Waals surface area contributed by atoms with Crippen LogP contribution in [0.1, 0.15) is 25.3 Å². The lowest BCUT2D eigenvalue weighted by Crippen LogP contribution is -2.41. The third kappa shape index (κ3) is 3.10. The van der Waals surface area contributed by atoms with E-state index >= 15 is 0 Å². The van der Waals surface area contributed by atoms with Gasteiger partial charge in [-0.25, -0.2) is 13.1 Å². The summed E-state index contributed by atoms with van der Waals surface area (Å²) < 4.78 is 27.0. The first-order chi connectivity index (χ1) is 8.56. The van der Waals surface area contributed by atoms with Crippen LogP contribution in [-0.4, -0.2) is 21.0 Å². The van der Waals surface area contributed by atoms with Crippen molar-refractivity contribution in [3.05, 3.63) is 29.8 Å². The van der Waals surface area contributed by atoms with Crippen LogP contribution in [0, 0.1) is 5.92 Å². The highest BCUT2D eigenvalue weighted by molar-refractivity contribution is 7.89. The lowest BCUT2D eigenvalue weighted by atomic mass is 10.2. The van der Waals surface area contributed by atoms with E-state index < -0.39 is 10.0 Å². The predicted molar refractivity (Wildman–Crippen MR) is 71.7 cm³/mol. The van der Waals surface area contributed by atoms with Gasteiger partial charge in [-0.2, -0.15) is 0 Å². The lowest BCUT2D eigenvalue weighted by molar-refractivity contribution is 0.519. The van der Waals surface area contributed by atoms with Crippen molar-refractivity contribution in [1.82, 2.24) is 4.72 Å². The van der Waals surface area contributed by atoms with Crippen LogP contribution in [0.3, 0.4) is 0 Å². The Balaban J connectivity index is 2.13. The molecule has 4 nitrogen and oxygen atoms in total. The second kappa shape index (κ2) is 5.38. The zero-order chi connectivity index (χ0) is 13.2. The minimum atomic E-state index is -3.43. The average Bonchev–Trinajstić information content (AvgIpc) is 3.20. The Kier molecular flexibility index (Phi) is 4.04. The SMILES string of the molecule is CCc1ccc(S(=O)(=O)NC(CN)C2CC2)cc1. The Bertz CT molecular complexity index is 492. The molecule has 0 spiro atoms. The van der Waals surface area contributed by atoms with Crippen molar-refractivity contribution < 1.29 is 8.42 Å². The highest BCUT2D eigenvalue weighted by atomic mass is 32.2. The minimum Gasteiger partial charge on any atom is -0.329 e. The van der Waals surface area contributed by atoms with Gasteiger partial charge in [0.25, 0.3) is 0 Å². The first-order valence-electron chi connectivity index (χ1n) is 6.38. The van der Waals surface area contributed by atoms with Crippen LogP contribution < -0.4 is 10.5 Å². The molecule has 0 saturated heterocycles. The van der Waals surface area contributed by atoms with Crippen molar-refractivity contribution >= 4 is 10.0 Å². The van der Waals surface area contributed by atoms with Crippen molar-refractivity contribution in [2.75, 3.05) is 6.54 Å². The molecule has 0 heterocycles. The van der Waals surface area contributed by atoms with E-state index in [-0.39, 0.29) is 6.04 Å². The third-order valence-electron chi connectivity index (χ3n) is 3.39. The van der Waals surface area contributed by atoms with Crippen molar-refractivity contribution in [3.63, 3.8) is 0 Å². The van der Waals surface area contributed by atoms with Crippen LogP contribution in [0.4, 0.5) is 0 Å². The summed E-state index contributed by atoms with van der Waals surface area (Å²) in [5.41, 5.74) is 6.75. The largest absolute Gasteiger partial charge is 0.329 e. The van der Waals surface area contributed by atoms with Gasteiger partial charge in [0.2, 0.25) is 10.0 Å². The highest BCUT2D eigenvalue weighted by Gasteiger charge is 2.33. The molecular weight excluding hydrogens is 248 g/mol. The van der Waals surface area contributed by atoms with Gasteiger partial charge in [-0.1, -0.05) is 19.1 Å². The van der Waals surface area contributed by atoms with Crippen molar-refractivity contribution in [1.29, 1.82) is 0 Å². The summed E-state index contributed by atoms with van der Waals surface area (Å²) in [5.74, 6) is 0.416. The molecule has 0 aromatic heterocycles. The number of nitrogens with one attached hydrogen (secondary N) is 1. The molecule has 1 saturated carbocycles. The van der Waals surface area contributed by atoms with Gasteiger partial charge in [-0.05, 0) is 42.9 Å². The molecule has 2 rings (SSSR count). The van der Waals surface area contributed by atoms with Crippen LogP contribution in [0.5, 0.6) is 0 Å². The highest BCUT2D eigenvalue weighted by Crippen LogP contribution is 2.32. The fourth-order valence-electron chi connectivity index (χ4n) is 2.01. The van der Waals surface area contributed by atoms with Gasteiger partial charge < -0.3 is 5.73 Å². The normalized spacial score (nSPS) is 17.7. The van der Waals surface area contributed by atoms with E-state index in [0.29, 0.717) is 17.4 Å². The molecule has 0 radical (unpaired) electrons. The maximum absolute atomic E-state index is 12.2. The number of sulfonamides is 1. The van der Waals surface area contributed by atoms with E-state index in [2.05, 4.69) is 4.72 Å². The fraction of sp³-hybridized carbons (Fsp3) is 0.538. The molecule has 18 heavy (non-hydrogen) atoms. The Labute approximate surface area is 109 Å². The third-order valence-corrected chi connectivity index (χ3v) is 4.90. The number of rotatable bonds is 6. The van der Waals surface area contributed by atoms with Crippen LogP contribution >= 0.6 is 0 Å². The van der Waals surface area contributed by atoms with Gasteiger partial charge in [0.1, 0.15) is 0 Å². The molecule has 0 aliphatic heterocycles. The maximum atomic E-state index is 12.2. The zero-order valence-corrected chi connectivity index (χ0v) is 11.4. The molecule has 1 aromatic rings. The van der Waals surface area contributed by atoms with Gasteiger partial charge in [-0.3, -0.25) is 0 Å². The fourth-order valence-corrected chi connectivity index (χ4v) is 3.32. The molecule has 100 valence electrons. The smallest absolute Gasteiger partial charge is 0.240 e. The monoisotopic (exact) mass is 268 g/mol. The minimum absolute atomic E-state index is 0.124. The number of aryl methyl sites for hydroxylation is 1.